The molecule has 0 saturated carbocycles. The molecule has 1 aliphatic rings. The van der Waals surface area contributed by atoms with Crippen molar-refractivity contribution in [2.45, 2.75) is 26.3 Å². The first-order valence-electron chi connectivity index (χ1n) is 6.21. The standard InChI is InChI=1S/C12H17N3O4/c1-8-4-10(14-19-8)6-13-12(18)15-3-2-9(7-15)5-11(16)17/h4,9H,2-3,5-7H2,1H3,(H,13,18)(H,16,17). The molecule has 2 rings (SSSR count). The van der Waals surface area contributed by atoms with Crippen LogP contribution in [0.3, 0.4) is 0 Å². The van der Waals surface area contributed by atoms with E-state index >= 15 is 0 Å². The van der Waals surface area contributed by atoms with Crippen LogP contribution in [0.4, 0.5) is 4.79 Å². The topological polar surface area (TPSA) is 95.7 Å². The quantitative estimate of drug-likeness (QED) is 0.848. The van der Waals surface area contributed by atoms with E-state index in [4.69, 9.17) is 9.63 Å². The van der Waals surface area contributed by atoms with Crippen molar-refractivity contribution in [3.63, 3.8) is 0 Å². The number of likely N-dealkylation sites (tertiary alicyclic amines) is 1. The lowest BCUT2D eigenvalue weighted by molar-refractivity contribution is -0.138. The average molecular weight is 267 g/mol. The zero-order valence-corrected chi connectivity index (χ0v) is 10.8. The van der Waals surface area contributed by atoms with Crippen LogP contribution < -0.4 is 5.32 Å². The fourth-order valence-corrected chi connectivity index (χ4v) is 2.21. The molecule has 0 aliphatic carbocycles. The number of nitrogens with zero attached hydrogens (tertiary/aromatic N) is 2. The van der Waals surface area contributed by atoms with E-state index in [-0.39, 0.29) is 18.4 Å². The highest BCUT2D eigenvalue weighted by molar-refractivity contribution is 5.74. The van der Waals surface area contributed by atoms with Gasteiger partial charge in [-0.3, -0.25) is 4.79 Å². The zero-order chi connectivity index (χ0) is 13.8. The van der Waals surface area contributed by atoms with Crippen molar-refractivity contribution in [1.29, 1.82) is 0 Å². The number of carboxylic acid groups (broad SMARTS) is 1. The minimum atomic E-state index is -0.815. The number of rotatable bonds is 4. The highest BCUT2D eigenvalue weighted by Crippen LogP contribution is 2.19. The largest absolute Gasteiger partial charge is 0.481 e. The molecule has 104 valence electrons. The number of aliphatic carboxylic acids is 1. The molecular formula is C12H17N3O4. The third kappa shape index (κ3) is 3.70. The number of aryl methyl sites for hydroxylation is 1. The number of hydrogen-bond donors (Lipinski definition) is 2. The van der Waals surface area contributed by atoms with E-state index < -0.39 is 5.97 Å². The van der Waals surface area contributed by atoms with E-state index in [1.54, 1.807) is 17.9 Å². The maximum Gasteiger partial charge on any atom is 0.317 e. The third-order valence-electron chi connectivity index (χ3n) is 3.13. The number of nitrogens with one attached hydrogen (secondary N) is 1. The molecule has 7 heteroatoms. The second kappa shape index (κ2) is 5.73. The van der Waals surface area contributed by atoms with Crippen molar-refractivity contribution in [2.75, 3.05) is 13.1 Å². The van der Waals surface area contributed by atoms with Gasteiger partial charge in [0.25, 0.3) is 0 Å². The second-order valence-electron chi connectivity index (χ2n) is 4.79. The van der Waals surface area contributed by atoms with Gasteiger partial charge in [0.05, 0.1) is 6.54 Å². The van der Waals surface area contributed by atoms with Crippen LogP contribution in [-0.2, 0) is 11.3 Å². The van der Waals surface area contributed by atoms with Gasteiger partial charge in [0.2, 0.25) is 0 Å². The van der Waals surface area contributed by atoms with Crippen molar-refractivity contribution >= 4 is 12.0 Å². The Morgan fingerprint density at radius 1 is 1.63 bits per heavy atom. The smallest absolute Gasteiger partial charge is 0.317 e. The average Bonchev–Trinajstić information content (AvgIpc) is 2.95. The number of carboxylic acids is 1. The Labute approximate surface area is 110 Å². The SMILES string of the molecule is Cc1cc(CNC(=O)N2CCC(CC(=O)O)C2)no1. The molecule has 19 heavy (non-hydrogen) atoms. The van der Waals surface area contributed by atoms with Gasteiger partial charge in [-0.25, -0.2) is 4.79 Å². The highest BCUT2D eigenvalue weighted by atomic mass is 16.5. The van der Waals surface area contributed by atoms with Gasteiger partial charge in [-0.15, -0.1) is 0 Å². The van der Waals surface area contributed by atoms with E-state index in [0.717, 1.165) is 6.42 Å². The molecule has 1 aromatic heterocycles. The molecule has 1 saturated heterocycles. The summed E-state index contributed by atoms with van der Waals surface area (Å²) in [6, 6.07) is 1.57. The summed E-state index contributed by atoms with van der Waals surface area (Å²) in [7, 11) is 0. The normalized spacial score (nSPS) is 18.6. The van der Waals surface area contributed by atoms with Gasteiger partial charge in [0.1, 0.15) is 11.5 Å². The van der Waals surface area contributed by atoms with Crippen molar-refractivity contribution in [3.05, 3.63) is 17.5 Å². The molecule has 7 nitrogen and oxygen atoms in total. The Bertz CT molecular complexity index is 471. The first-order valence-corrected chi connectivity index (χ1v) is 6.21. The molecule has 0 aromatic carbocycles. The minimum Gasteiger partial charge on any atom is -0.481 e. The van der Waals surface area contributed by atoms with Crippen molar-refractivity contribution < 1.29 is 19.2 Å². The fourth-order valence-electron chi connectivity index (χ4n) is 2.21. The van der Waals surface area contributed by atoms with E-state index in [9.17, 15) is 9.59 Å². The Kier molecular flexibility index (Phi) is 4.03. The maximum atomic E-state index is 11.9. The molecule has 0 bridgehead atoms. The van der Waals surface area contributed by atoms with Gasteiger partial charge >= 0.3 is 12.0 Å². The maximum absolute atomic E-state index is 11.9. The molecule has 0 radical (unpaired) electrons. The first-order chi connectivity index (χ1) is 9.04. The van der Waals surface area contributed by atoms with Crippen LogP contribution in [0.2, 0.25) is 0 Å². The van der Waals surface area contributed by atoms with Crippen LogP contribution in [0, 0.1) is 12.8 Å². The Hall–Kier alpha value is -2.05. The number of carbonyl (C=O) groups is 2. The van der Waals surface area contributed by atoms with Crippen LogP contribution in [0.15, 0.2) is 10.6 Å². The molecule has 2 N–H and O–H groups in total. The van der Waals surface area contributed by atoms with Crippen molar-refractivity contribution in [1.82, 2.24) is 15.4 Å². The number of amides is 2. The zero-order valence-electron chi connectivity index (χ0n) is 10.8. The van der Waals surface area contributed by atoms with E-state index in [1.807, 2.05) is 0 Å². The first kappa shape index (κ1) is 13.4. The minimum absolute atomic E-state index is 0.0533. The van der Waals surface area contributed by atoms with Crippen molar-refractivity contribution in [2.24, 2.45) is 5.92 Å². The summed E-state index contributed by atoms with van der Waals surface area (Å²) >= 11 is 0. The van der Waals surface area contributed by atoms with Gasteiger partial charge in [-0.2, -0.15) is 0 Å². The monoisotopic (exact) mass is 267 g/mol. The molecular weight excluding hydrogens is 250 g/mol. The lowest BCUT2D eigenvalue weighted by atomic mass is 10.1. The number of hydrogen-bond acceptors (Lipinski definition) is 4. The summed E-state index contributed by atoms with van der Waals surface area (Å²) in [5, 5.41) is 15.2. The summed E-state index contributed by atoms with van der Waals surface area (Å²) in [5.41, 5.74) is 0.673. The van der Waals surface area contributed by atoms with Crippen LogP contribution in [0.5, 0.6) is 0 Å². The Balaban J connectivity index is 1.76. The molecule has 1 unspecified atom stereocenters. The van der Waals surface area contributed by atoms with Gasteiger partial charge in [0.15, 0.2) is 0 Å². The van der Waals surface area contributed by atoms with Crippen LogP contribution in [0.25, 0.3) is 0 Å². The van der Waals surface area contributed by atoms with Crippen LogP contribution in [0.1, 0.15) is 24.3 Å². The predicted molar refractivity (Wildman–Crippen MR) is 65.4 cm³/mol. The van der Waals surface area contributed by atoms with E-state index in [1.165, 1.54) is 0 Å². The summed E-state index contributed by atoms with van der Waals surface area (Å²) in [6.45, 7) is 3.20. The van der Waals surface area contributed by atoms with Crippen LogP contribution in [-0.4, -0.2) is 40.3 Å². The molecule has 1 fully saturated rings. The van der Waals surface area contributed by atoms with Gasteiger partial charge in [0, 0.05) is 25.6 Å². The summed E-state index contributed by atoms with van der Waals surface area (Å²) < 4.78 is 4.90. The molecule has 1 aromatic rings. The fraction of sp³-hybridized carbons (Fsp3) is 0.583. The third-order valence-corrected chi connectivity index (χ3v) is 3.13. The highest BCUT2D eigenvalue weighted by Gasteiger charge is 2.27. The number of urea groups is 1. The van der Waals surface area contributed by atoms with E-state index in [2.05, 4.69) is 10.5 Å². The number of aromatic nitrogens is 1. The Morgan fingerprint density at radius 2 is 2.42 bits per heavy atom. The Morgan fingerprint density at radius 3 is 3.05 bits per heavy atom. The lowest BCUT2D eigenvalue weighted by Crippen LogP contribution is -2.38. The molecule has 0 spiro atoms. The molecule has 2 heterocycles. The van der Waals surface area contributed by atoms with Crippen LogP contribution >= 0.6 is 0 Å². The molecule has 1 atom stereocenters. The number of carbonyl (C=O) groups excluding carboxylic acids is 1. The van der Waals surface area contributed by atoms with Gasteiger partial charge in [-0.05, 0) is 19.3 Å². The lowest BCUT2D eigenvalue weighted by Gasteiger charge is -2.16. The summed E-state index contributed by atoms with van der Waals surface area (Å²) in [6.07, 6.45) is 0.856. The molecule has 2 amide bonds. The van der Waals surface area contributed by atoms with E-state index in [0.29, 0.717) is 31.1 Å². The van der Waals surface area contributed by atoms with Gasteiger partial charge < -0.3 is 19.8 Å². The van der Waals surface area contributed by atoms with Gasteiger partial charge in [-0.1, -0.05) is 5.16 Å². The van der Waals surface area contributed by atoms with Crippen molar-refractivity contribution in [3.8, 4) is 0 Å². The molecule has 1 aliphatic heterocycles. The summed E-state index contributed by atoms with van der Waals surface area (Å²) in [4.78, 5) is 24.1. The second-order valence-corrected chi connectivity index (χ2v) is 4.79. The summed E-state index contributed by atoms with van der Waals surface area (Å²) in [5.74, 6) is -0.0604. The predicted octanol–water partition coefficient (Wildman–Crippen LogP) is 0.989.